The van der Waals surface area contributed by atoms with Gasteiger partial charge in [0.2, 0.25) is 0 Å². The van der Waals surface area contributed by atoms with Gasteiger partial charge >= 0.3 is 0 Å². The van der Waals surface area contributed by atoms with Gasteiger partial charge < -0.3 is 5.73 Å². The van der Waals surface area contributed by atoms with Crippen LogP contribution in [0.4, 0.5) is 0 Å². The second-order valence-electron chi connectivity index (χ2n) is 6.80. The maximum Gasteiger partial charge on any atom is 0.0794 e. The highest BCUT2D eigenvalue weighted by molar-refractivity contribution is 7.09. The molecule has 2 rings (SSSR count). The molecule has 2 N–H and O–H groups in total. The monoisotopic (exact) mass is 266 g/mol. The Morgan fingerprint density at radius 2 is 2.11 bits per heavy atom. The maximum absolute atomic E-state index is 5.96. The van der Waals surface area contributed by atoms with Crippen molar-refractivity contribution in [2.45, 2.75) is 46.5 Å². The summed E-state index contributed by atoms with van der Waals surface area (Å²) in [5, 5.41) is 0. The third-order valence-corrected chi connectivity index (χ3v) is 5.42. The molecule has 1 aromatic rings. The molecule has 0 aliphatic heterocycles. The zero-order valence-corrected chi connectivity index (χ0v) is 12.7. The molecule has 1 aliphatic rings. The number of hydrogen-bond acceptors (Lipinski definition) is 3. The first-order chi connectivity index (χ1) is 8.50. The van der Waals surface area contributed by atoms with Gasteiger partial charge in [-0.1, -0.05) is 20.8 Å². The Morgan fingerprint density at radius 3 is 2.67 bits per heavy atom. The van der Waals surface area contributed by atoms with Crippen molar-refractivity contribution in [1.29, 1.82) is 0 Å². The molecule has 0 aromatic carbocycles. The molecule has 0 saturated heterocycles. The van der Waals surface area contributed by atoms with Crippen LogP contribution in [0.5, 0.6) is 0 Å². The van der Waals surface area contributed by atoms with Gasteiger partial charge in [-0.15, -0.1) is 11.3 Å². The van der Waals surface area contributed by atoms with Gasteiger partial charge in [0, 0.05) is 11.1 Å². The highest BCUT2D eigenvalue weighted by atomic mass is 32.1. The summed E-state index contributed by atoms with van der Waals surface area (Å²) in [5.74, 6) is 2.32. The smallest absolute Gasteiger partial charge is 0.0794 e. The fourth-order valence-corrected chi connectivity index (χ4v) is 3.96. The fraction of sp³-hybridized carbons (Fsp3) is 0.800. The van der Waals surface area contributed by atoms with Gasteiger partial charge in [0.15, 0.2) is 0 Å². The molecule has 0 spiro atoms. The maximum atomic E-state index is 5.96. The summed E-state index contributed by atoms with van der Waals surface area (Å²) in [6, 6.07) is 0. The minimum atomic E-state index is 0.436. The van der Waals surface area contributed by atoms with Gasteiger partial charge in [0.25, 0.3) is 0 Å². The normalized spacial score (nSPS) is 29.4. The largest absolute Gasteiger partial charge is 0.330 e. The zero-order valence-electron chi connectivity index (χ0n) is 11.9. The average Bonchev–Trinajstić information content (AvgIpc) is 2.80. The van der Waals surface area contributed by atoms with Crippen LogP contribution < -0.4 is 5.73 Å². The molecule has 3 atom stereocenters. The number of rotatable bonds is 3. The Hall–Kier alpha value is -0.410. The van der Waals surface area contributed by atoms with Gasteiger partial charge in [-0.2, -0.15) is 0 Å². The van der Waals surface area contributed by atoms with Gasteiger partial charge in [-0.05, 0) is 55.4 Å². The Kier molecular flexibility index (Phi) is 4.44. The van der Waals surface area contributed by atoms with E-state index in [4.69, 9.17) is 5.73 Å². The van der Waals surface area contributed by atoms with E-state index in [2.05, 4.69) is 25.8 Å². The molecule has 2 nitrogen and oxygen atoms in total. The van der Waals surface area contributed by atoms with Crippen LogP contribution in [0.15, 0.2) is 11.7 Å². The molecule has 3 heteroatoms. The van der Waals surface area contributed by atoms with E-state index in [1.54, 1.807) is 11.3 Å². The van der Waals surface area contributed by atoms with Crippen LogP contribution in [0, 0.1) is 23.2 Å². The highest BCUT2D eigenvalue weighted by Gasteiger charge is 2.35. The molecular formula is C15H26N2S. The van der Waals surface area contributed by atoms with Crippen molar-refractivity contribution in [3.8, 4) is 0 Å². The molecule has 3 unspecified atom stereocenters. The number of thiazole rings is 1. The van der Waals surface area contributed by atoms with Crippen LogP contribution >= 0.6 is 11.3 Å². The van der Waals surface area contributed by atoms with Crippen LogP contribution in [-0.2, 0) is 6.42 Å². The first-order valence-electron chi connectivity index (χ1n) is 7.08. The minimum absolute atomic E-state index is 0.436. The van der Waals surface area contributed by atoms with Crippen molar-refractivity contribution < 1.29 is 0 Å². The second-order valence-corrected chi connectivity index (χ2v) is 7.77. The predicted octanol–water partition coefficient (Wildman–Crippen LogP) is 3.72. The summed E-state index contributed by atoms with van der Waals surface area (Å²) in [7, 11) is 0. The fourth-order valence-electron chi connectivity index (χ4n) is 3.27. The lowest BCUT2D eigenvalue weighted by atomic mass is 9.65. The second kappa shape index (κ2) is 5.70. The van der Waals surface area contributed by atoms with E-state index in [9.17, 15) is 0 Å². The summed E-state index contributed by atoms with van der Waals surface area (Å²) in [6.07, 6.45) is 7.20. The summed E-state index contributed by atoms with van der Waals surface area (Å²) in [5.41, 5.74) is 8.34. The number of hydrogen-bond donors (Lipinski definition) is 1. The topological polar surface area (TPSA) is 38.9 Å². The van der Waals surface area contributed by atoms with E-state index >= 15 is 0 Å². The molecule has 1 heterocycles. The number of aromatic nitrogens is 1. The van der Waals surface area contributed by atoms with E-state index < -0.39 is 0 Å². The Labute approximate surface area is 115 Å². The van der Waals surface area contributed by atoms with Gasteiger partial charge in [-0.3, -0.25) is 4.98 Å². The molecule has 1 aliphatic carbocycles. The Morgan fingerprint density at radius 1 is 1.33 bits per heavy atom. The van der Waals surface area contributed by atoms with Crippen LogP contribution in [0.3, 0.4) is 0 Å². The van der Waals surface area contributed by atoms with Crippen LogP contribution in [0.1, 0.15) is 44.9 Å². The predicted molar refractivity (Wildman–Crippen MR) is 78.6 cm³/mol. The molecule has 1 saturated carbocycles. The number of nitrogens with two attached hydrogens (primary N) is 1. The quantitative estimate of drug-likeness (QED) is 0.905. The van der Waals surface area contributed by atoms with Crippen molar-refractivity contribution in [2.24, 2.45) is 28.9 Å². The Bertz CT molecular complexity index is 353. The minimum Gasteiger partial charge on any atom is -0.330 e. The first kappa shape index (κ1) is 14.0. The van der Waals surface area contributed by atoms with Crippen molar-refractivity contribution >= 4 is 11.3 Å². The van der Waals surface area contributed by atoms with E-state index in [1.165, 1.54) is 30.6 Å². The lowest BCUT2D eigenvalue weighted by molar-refractivity contribution is 0.101. The van der Waals surface area contributed by atoms with Crippen molar-refractivity contribution in [1.82, 2.24) is 4.98 Å². The molecule has 1 aromatic heterocycles. The molecule has 0 radical (unpaired) electrons. The van der Waals surface area contributed by atoms with Gasteiger partial charge in [0.1, 0.15) is 0 Å². The average molecular weight is 266 g/mol. The standard InChI is InChI=1S/C15H26N2S/c1-15(2,3)13-5-4-11(8-16)12(6-13)7-14-9-17-10-18-14/h9-13H,4-8,16H2,1-3H3. The zero-order chi connectivity index (χ0) is 13.2. The van der Waals surface area contributed by atoms with Crippen molar-refractivity contribution in [3.63, 3.8) is 0 Å². The molecule has 102 valence electrons. The lowest BCUT2D eigenvalue weighted by Crippen LogP contribution is -2.35. The SMILES string of the molecule is CC(C)(C)C1CCC(CN)C(Cc2cncs2)C1. The van der Waals surface area contributed by atoms with E-state index in [1.807, 2.05) is 11.7 Å². The van der Waals surface area contributed by atoms with Crippen LogP contribution in [0.25, 0.3) is 0 Å². The van der Waals surface area contributed by atoms with E-state index in [-0.39, 0.29) is 0 Å². The Balaban J connectivity index is 2.04. The van der Waals surface area contributed by atoms with E-state index in [0.29, 0.717) is 11.3 Å². The number of nitrogens with zero attached hydrogens (tertiary/aromatic N) is 1. The van der Waals surface area contributed by atoms with Crippen LogP contribution in [0.2, 0.25) is 0 Å². The molecule has 1 fully saturated rings. The third-order valence-electron chi connectivity index (χ3n) is 4.61. The van der Waals surface area contributed by atoms with E-state index in [0.717, 1.165) is 18.4 Å². The third kappa shape index (κ3) is 3.33. The summed E-state index contributed by atoms with van der Waals surface area (Å²) in [4.78, 5) is 5.62. The summed E-state index contributed by atoms with van der Waals surface area (Å²) < 4.78 is 0. The van der Waals surface area contributed by atoms with Gasteiger partial charge in [0.05, 0.1) is 5.51 Å². The summed E-state index contributed by atoms with van der Waals surface area (Å²) in [6.45, 7) is 7.99. The summed E-state index contributed by atoms with van der Waals surface area (Å²) >= 11 is 1.79. The molecule has 18 heavy (non-hydrogen) atoms. The van der Waals surface area contributed by atoms with Crippen molar-refractivity contribution in [2.75, 3.05) is 6.54 Å². The van der Waals surface area contributed by atoms with Crippen LogP contribution in [-0.4, -0.2) is 11.5 Å². The first-order valence-corrected chi connectivity index (χ1v) is 7.96. The molecular weight excluding hydrogens is 240 g/mol. The lowest BCUT2D eigenvalue weighted by Gasteiger charge is -2.41. The molecule has 0 amide bonds. The van der Waals surface area contributed by atoms with Gasteiger partial charge in [-0.25, -0.2) is 0 Å². The molecule has 0 bridgehead atoms. The van der Waals surface area contributed by atoms with Crippen molar-refractivity contribution in [3.05, 3.63) is 16.6 Å². The highest BCUT2D eigenvalue weighted by Crippen LogP contribution is 2.43.